The van der Waals surface area contributed by atoms with Crippen LogP contribution in [0.4, 0.5) is 23.7 Å². The maximum atomic E-state index is 12.8. The molecule has 34 heavy (non-hydrogen) atoms. The Bertz CT molecular complexity index is 920. The van der Waals surface area contributed by atoms with Gasteiger partial charge in [0.15, 0.2) is 0 Å². The van der Waals surface area contributed by atoms with Crippen molar-refractivity contribution < 1.29 is 32.2 Å². The zero-order valence-corrected chi connectivity index (χ0v) is 18.4. The van der Waals surface area contributed by atoms with E-state index < -0.39 is 12.4 Å². The zero-order chi connectivity index (χ0) is 24.4. The Labute approximate surface area is 195 Å². The van der Waals surface area contributed by atoms with Crippen LogP contribution in [0.15, 0.2) is 54.6 Å². The fourth-order valence-electron chi connectivity index (χ4n) is 3.36. The van der Waals surface area contributed by atoms with Gasteiger partial charge < -0.3 is 30.3 Å². The topological polar surface area (TPSA) is 91.9 Å². The molecule has 1 aliphatic heterocycles. The van der Waals surface area contributed by atoms with Crippen LogP contribution >= 0.6 is 0 Å². The fourth-order valence-corrected chi connectivity index (χ4v) is 3.36. The second-order valence-corrected chi connectivity index (χ2v) is 7.58. The Morgan fingerprint density at radius 2 is 1.68 bits per heavy atom. The normalized spacial score (nSPS) is 14.7. The van der Waals surface area contributed by atoms with Gasteiger partial charge in [0.25, 0.3) is 0 Å². The number of ether oxygens (including phenoxy) is 2. The van der Waals surface area contributed by atoms with E-state index >= 15 is 0 Å². The number of carbonyl (C=O) groups is 2. The van der Waals surface area contributed by atoms with Crippen LogP contribution in [-0.2, 0) is 16.0 Å². The first kappa shape index (κ1) is 25.2. The third-order valence-electron chi connectivity index (χ3n) is 5.04. The van der Waals surface area contributed by atoms with Gasteiger partial charge in [0.05, 0.1) is 13.2 Å². The highest BCUT2D eigenvalue weighted by Crippen LogP contribution is 2.23. The summed E-state index contributed by atoms with van der Waals surface area (Å²) in [6.07, 6.45) is -4.41. The molecule has 0 aromatic heterocycles. The van der Waals surface area contributed by atoms with Gasteiger partial charge in [0.2, 0.25) is 5.91 Å². The maximum Gasteiger partial charge on any atom is 0.573 e. The largest absolute Gasteiger partial charge is 0.573 e. The van der Waals surface area contributed by atoms with Crippen molar-refractivity contribution in [1.82, 2.24) is 15.5 Å². The Morgan fingerprint density at radius 1 is 1.00 bits per heavy atom. The molecule has 1 atom stereocenters. The van der Waals surface area contributed by atoms with Crippen LogP contribution in [0.3, 0.4) is 0 Å². The lowest BCUT2D eigenvalue weighted by Crippen LogP contribution is -2.54. The first-order valence-electron chi connectivity index (χ1n) is 10.8. The molecule has 2 aromatic carbocycles. The molecule has 0 aliphatic carbocycles. The van der Waals surface area contributed by atoms with Crippen LogP contribution in [0.2, 0.25) is 0 Å². The number of carbonyl (C=O) groups excluding carboxylic acids is 2. The Morgan fingerprint density at radius 3 is 2.32 bits per heavy atom. The van der Waals surface area contributed by atoms with E-state index in [0.717, 1.165) is 5.56 Å². The van der Waals surface area contributed by atoms with Crippen molar-refractivity contribution in [1.29, 1.82) is 0 Å². The standard InChI is InChI=1S/C23H27F3N4O4/c24-23(25,26)34-19-8-6-18(7-9-19)27-10-11-28-21(31)20(16-17-4-2-1-3-5-17)29-22(32)30-12-14-33-15-13-30/h1-9,20,27H,10-16H2,(H,28,31)(H,29,32)/t20-/m0/s1. The Balaban J connectivity index is 1.50. The summed E-state index contributed by atoms with van der Waals surface area (Å²) in [5, 5.41) is 8.61. The van der Waals surface area contributed by atoms with Crippen molar-refractivity contribution in [3.63, 3.8) is 0 Å². The summed E-state index contributed by atoms with van der Waals surface area (Å²) >= 11 is 0. The quantitative estimate of drug-likeness (QED) is 0.480. The summed E-state index contributed by atoms with van der Waals surface area (Å²) in [7, 11) is 0. The molecule has 1 aliphatic rings. The van der Waals surface area contributed by atoms with E-state index in [4.69, 9.17) is 4.74 Å². The summed E-state index contributed by atoms with van der Waals surface area (Å²) in [4.78, 5) is 27.1. The molecule has 184 valence electrons. The van der Waals surface area contributed by atoms with Crippen LogP contribution in [0, 0.1) is 0 Å². The van der Waals surface area contributed by atoms with Crippen LogP contribution in [0.5, 0.6) is 5.75 Å². The summed E-state index contributed by atoms with van der Waals surface area (Å²) in [5.41, 5.74) is 1.48. The minimum absolute atomic E-state index is 0.248. The van der Waals surface area contributed by atoms with E-state index in [0.29, 0.717) is 45.0 Å². The number of hydrogen-bond donors (Lipinski definition) is 3. The average Bonchev–Trinajstić information content (AvgIpc) is 2.82. The SMILES string of the molecule is O=C(NCCNc1ccc(OC(F)(F)F)cc1)[C@H](Cc1ccccc1)NC(=O)N1CCOCC1. The predicted molar refractivity (Wildman–Crippen MR) is 119 cm³/mol. The lowest BCUT2D eigenvalue weighted by Gasteiger charge is -2.29. The van der Waals surface area contributed by atoms with Crippen molar-refractivity contribution in [2.75, 3.05) is 44.7 Å². The summed E-state index contributed by atoms with van der Waals surface area (Å²) in [6.45, 7) is 2.42. The van der Waals surface area contributed by atoms with E-state index in [2.05, 4.69) is 20.7 Å². The van der Waals surface area contributed by atoms with Gasteiger partial charge in [0, 0.05) is 38.3 Å². The number of alkyl halides is 3. The highest BCUT2D eigenvalue weighted by molar-refractivity contribution is 5.87. The molecular weight excluding hydrogens is 453 g/mol. The summed E-state index contributed by atoms with van der Waals surface area (Å²) < 4.78 is 45.8. The number of halogens is 3. The van der Waals surface area contributed by atoms with E-state index in [1.807, 2.05) is 30.3 Å². The molecular formula is C23H27F3N4O4. The van der Waals surface area contributed by atoms with Gasteiger partial charge in [-0.1, -0.05) is 30.3 Å². The van der Waals surface area contributed by atoms with E-state index in [1.54, 1.807) is 4.90 Å². The molecule has 1 heterocycles. The number of nitrogens with one attached hydrogen (secondary N) is 3. The number of morpholine rings is 1. The number of benzene rings is 2. The van der Waals surface area contributed by atoms with Crippen molar-refractivity contribution in [2.24, 2.45) is 0 Å². The molecule has 0 bridgehead atoms. The van der Waals surface area contributed by atoms with Gasteiger partial charge in [-0.25, -0.2) is 4.79 Å². The zero-order valence-electron chi connectivity index (χ0n) is 18.4. The molecule has 11 heteroatoms. The molecule has 0 spiro atoms. The molecule has 3 N–H and O–H groups in total. The second kappa shape index (κ2) is 12.1. The van der Waals surface area contributed by atoms with Gasteiger partial charge in [-0.3, -0.25) is 4.79 Å². The highest BCUT2D eigenvalue weighted by Gasteiger charge is 2.31. The van der Waals surface area contributed by atoms with Crippen LogP contribution in [-0.4, -0.2) is 68.6 Å². The molecule has 1 saturated heterocycles. The molecule has 1 fully saturated rings. The molecule has 0 saturated carbocycles. The van der Waals surface area contributed by atoms with Gasteiger partial charge in [-0.05, 0) is 29.8 Å². The summed E-state index contributed by atoms with van der Waals surface area (Å²) in [5.74, 6) is -0.646. The average molecular weight is 480 g/mol. The molecule has 0 radical (unpaired) electrons. The first-order valence-corrected chi connectivity index (χ1v) is 10.8. The van der Waals surface area contributed by atoms with Crippen molar-refractivity contribution in [3.05, 3.63) is 60.2 Å². The monoisotopic (exact) mass is 480 g/mol. The molecule has 3 amide bonds. The van der Waals surface area contributed by atoms with Crippen LogP contribution in [0.25, 0.3) is 0 Å². The number of anilines is 1. The summed E-state index contributed by atoms with van der Waals surface area (Å²) in [6, 6.07) is 13.6. The van der Waals surface area contributed by atoms with E-state index in [1.165, 1.54) is 24.3 Å². The highest BCUT2D eigenvalue weighted by atomic mass is 19.4. The van der Waals surface area contributed by atoms with Gasteiger partial charge in [-0.2, -0.15) is 0 Å². The van der Waals surface area contributed by atoms with E-state index in [9.17, 15) is 22.8 Å². The Hall–Kier alpha value is -3.47. The maximum absolute atomic E-state index is 12.8. The molecule has 0 unspecified atom stereocenters. The lowest BCUT2D eigenvalue weighted by molar-refractivity contribution is -0.274. The van der Waals surface area contributed by atoms with Crippen molar-refractivity contribution >= 4 is 17.6 Å². The first-order chi connectivity index (χ1) is 16.3. The smallest absolute Gasteiger partial charge is 0.406 e. The van der Waals surface area contributed by atoms with Gasteiger partial charge in [-0.15, -0.1) is 13.2 Å². The van der Waals surface area contributed by atoms with Gasteiger partial charge >= 0.3 is 12.4 Å². The molecule has 3 rings (SSSR count). The van der Waals surface area contributed by atoms with Crippen molar-refractivity contribution in [3.8, 4) is 5.75 Å². The van der Waals surface area contributed by atoms with E-state index in [-0.39, 0.29) is 24.2 Å². The molecule has 2 aromatic rings. The molecule has 8 nitrogen and oxygen atoms in total. The van der Waals surface area contributed by atoms with Crippen molar-refractivity contribution in [2.45, 2.75) is 18.8 Å². The minimum Gasteiger partial charge on any atom is -0.406 e. The van der Waals surface area contributed by atoms with Gasteiger partial charge in [0.1, 0.15) is 11.8 Å². The third-order valence-corrected chi connectivity index (χ3v) is 5.04. The predicted octanol–water partition coefficient (Wildman–Crippen LogP) is 2.77. The number of rotatable bonds is 9. The fraction of sp³-hybridized carbons (Fsp3) is 0.391. The Kier molecular flexibility index (Phi) is 8.97. The van der Waals surface area contributed by atoms with Crippen LogP contribution in [0.1, 0.15) is 5.56 Å². The number of nitrogens with zero attached hydrogens (tertiary/aromatic N) is 1. The number of urea groups is 1. The minimum atomic E-state index is -4.74. The number of amides is 3. The third kappa shape index (κ3) is 8.47. The lowest BCUT2D eigenvalue weighted by atomic mass is 10.1. The second-order valence-electron chi connectivity index (χ2n) is 7.58. The van der Waals surface area contributed by atoms with Crippen LogP contribution < -0.4 is 20.7 Å². The number of hydrogen-bond acceptors (Lipinski definition) is 5.